The summed E-state index contributed by atoms with van der Waals surface area (Å²) in [5, 5.41) is 5.36. The lowest BCUT2D eigenvalue weighted by Crippen LogP contribution is -2.33. The van der Waals surface area contributed by atoms with Crippen LogP contribution >= 0.6 is 0 Å². The van der Waals surface area contributed by atoms with Crippen LogP contribution in [0.25, 0.3) is 0 Å². The van der Waals surface area contributed by atoms with Crippen LogP contribution in [0.1, 0.15) is 5.56 Å². The summed E-state index contributed by atoms with van der Waals surface area (Å²) in [7, 11) is -2.37. The highest BCUT2D eigenvalue weighted by molar-refractivity contribution is 7.90. The second-order valence-electron chi connectivity index (χ2n) is 5.22. The van der Waals surface area contributed by atoms with Crippen LogP contribution in [0.3, 0.4) is 0 Å². The highest BCUT2D eigenvalue weighted by Crippen LogP contribution is 2.28. The molecule has 0 bridgehead atoms. The Hall–Kier alpha value is -2.87. The maximum atomic E-state index is 12.3. The predicted octanol–water partition coefficient (Wildman–Crippen LogP) is 2.16. The molecule has 0 unspecified atom stereocenters. The van der Waals surface area contributed by atoms with Crippen molar-refractivity contribution in [3.8, 4) is 5.75 Å². The van der Waals surface area contributed by atoms with Crippen LogP contribution < -0.4 is 15.4 Å². The number of carbonyl (C=O) groups is 1. The van der Waals surface area contributed by atoms with Crippen LogP contribution in [0.2, 0.25) is 0 Å². The second-order valence-corrected chi connectivity index (χ2v) is 6.79. The number of rotatable bonds is 3. The lowest BCUT2D eigenvalue weighted by atomic mass is 10.2. The lowest BCUT2D eigenvalue weighted by Gasteiger charge is -2.18. The summed E-state index contributed by atoms with van der Waals surface area (Å²) in [5.41, 5.74) is 1.70. The third kappa shape index (κ3) is 3.09. The molecule has 1 aliphatic rings. The molecule has 0 radical (unpaired) electrons. The number of amides is 1. The van der Waals surface area contributed by atoms with Crippen molar-refractivity contribution in [2.75, 3.05) is 17.7 Å². The Morgan fingerprint density at radius 3 is 2.54 bits per heavy atom. The van der Waals surface area contributed by atoms with Crippen LogP contribution in [-0.2, 0) is 14.8 Å². The van der Waals surface area contributed by atoms with Crippen molar-refractivity contribution in [1.29, 1.82) is 0 Å². The Labute approximate surface area is 139 Å². The molecule has 0 fully saturated rings. The summed E-state index contributed by atoms with van der Waals surface area (Å²) in [6, 6.07) is 11.5. The Kier molecular flexibility index (Phi) is 3.98. The minimum Gasteiger partial charge on any atom is -0.497 e. The molecule has 1 heterocycles. The van der Waals surface area contributed by atoms with Gasteiger partial charge in [-0.1, -0.05) is 6.07 Å². The van der Waals surface area contributed by atoms with Crippen molar-refractivity contribution in [2.45, 2.75) is 11.8 Å². The van der Waals surface area contributed by atoms with E-state index < -0.39 is 15.9 Å². The zero-order chi connectivity index (χ0) is 17.3. The highest BCUT2D eigenvalue weighted by atomic mass is 32.2. The van der Waals surface area contributed by atoms with Crippen LogP contribution in [0.5, 0.6) is 5.75 Å². The molecular formula is C16H15N3O4S. The van der Waals surface area contributed by atoms with Crippen LogP contribution in [0, 0.1) is 6.92 Å². The Morgan fingerprint density at radius 1 is 1.17 bits per heavy atom. The average Bonchev–Trinajstić information content (AvgIpc) is 2.54. The predicted molar refractivity (Wildman–Crippen MR) is 91.0 cm³/mol. The summed E-state index contributed by atoms with van der Waals surface area (Å²) < 4.78 is 33.0. The summed E-state index contributed by atoms with van der Waals surface area (Å²) in [6.07, 6.45) is 0. The summed E-state index contributed by atoms with van der Waals surface area (Å²) >= 11 is 0. The van der Waals surface area contributed by atoms with Crippen molar-refractivity contribution in [2.24, 2.45) is 4.40 Å². The van der Waals surface area contributed by atoms with E-state index in [0.29, 0.717) is 17.1 Å². The van der Waals surface area contributed by atoms with E-state index in [4.69, 9.17) is 4.74 Å². The van der Waals surface area contributed by atoms with Crippen molar-refractivity contribution in [1.82, 2.24) is 0 Å². The number of fused-ring (bicyclic) bond motifs is 1. The fourth-order valence-corrected chi connectivity index (χ4v) is 3.34. The van der Waals surface area contributed by atoms with Gasteiger partial charge in [-0.05, 0) is 48.9 Å². The van der Waals surface area contributed by atoms with Gasteiger partial charge in [0.05, 0.1) is 12.8 Å². The first-order valence-electron chi connectivity index (χ1n) is 7.07. The summed E-state index contributed by atoms with van der Waals surface area (Å²) in [4.78, 5) is 12.4. The Morgan fingerprint density at radius 2 is 1.88 bits per heavy atom. The van der Waals surface area contributed by atoms with Gasteiger partial charge in [0.1, 0.15) is 10.6 Å². The molecule has 124 valence electrons. The quantitative estimate of drug-likeness (QED) is 0.888. The molecule has 0 atom stereocenters. The van der Waals surface area contributed by atoms with E-state index in [1.165, 1.54) is 6.07 Å². The normalized spacial score (nSPS) is 14.8. The number of anilines is 2. The number of nitrogens with zero attached hydrogens (tertiary/aromatic N) is 1. The number of benzene rings is 2. The van der Waals surface area contributed by atoms with Crippen molar-refractivity contribution >= 4 is 33.1 Å². The van der Waals surface area contributed by atoms with E-state index in [1.54, 1.807) is 43.5 Å². The van der Waals surface area contributed by atoms with Gasteiger partial charge in [0.15, 0.2) is 0 Å². The number of nitrogens with one attached hydrogen (secondary N) is 2. The van der Waals surface area contributed by atoms with E-state index in [-0.39, 0.29) is 10.7 Å². The monoisotopic (exact) mass is 345 g/mol. The average molecular weight is 345 g/mol. The van der Waals surface area contributed by atoms with Gasteiger partial charge < -0.3 is 15.4 Å². The first-order valence-corrected chi connectivity index (χ1v) is 8.51. The van der Waals surface area contributed by atoms with Crippen LogP contribution in [0.15, 0.2) is 51.8 Å². The number of amidine groups is 1. The number of hydrogen-bond donors (Lipinski definition) is 2. The van der Waals surface area contributed by atoms with Crippen LogP contribution in [0.4, 0.5) is 11.4 Å². The van der Waals surface area contributed by atoms with Gasteiger partial charge >= 0.3 is 0 Å². The van der Waals surface area contributed by atoms with E-state index in [2.05, 4.69) is 15.0 Å². The van der Waals surface area contributed by atoms with Gasteiger partial charge in [-0.15, -0.1) is 4.40 Å². The molecule has 2 N–H and O–H groups in total. The number of carbonyl (C=O) groups excluding carboxylic acids is 1. The van der Waals surface area contributed by atoms with E-state index in [0.717, 1.165) is 5.56 Å². The third-order valence-electron chi connectivity index (χ3n) is 3.44. The number of aryl methyl sites for hydroxylation is 1. The van der Waals surface area contributed by atoms with Crippen molar-refractivity contribution in [3.63, 3.8) is 0 Å². The largest absolute Gasteiger partial charge is 0.497 e. The SMILES string of the molecule is COc1ccc(NC(=O)C2=NS(=O)(=O)c3ccc(C)cc3N2)cc1. The second kappa shape index (κ2) is 5.97. The zero-order valence-corrected chi connectivity index (χ0v) is 13.8. The van der Waals surface area contributed by atoms with Crippen molar-refractivity contribution < 1.29 is 17.9 Å². The minimum atomic E-state index is -3.91. The fourth-order valence-electron chi connectivity index (χ4n) is 2.25. The van der Waals surface area contributed by atoms with Crippen LogP contribution in [-0.4, -0.2) is 27.3 Å². The molecule has 0 aromatic heterocycles. The fraction of sp³-hybridized carbons (Fsp3) is 0.125. The molecule has 1 amide bonds. The molecule has 1 aliphatic heterocycles. The van der Waals surface area contributed by atoms with Crippen molar-refractivity contribution in [3.05, 3.63) is 48.0 Å². The number of ether oxygens (including phenoxy) is 1. The smallest absolute Gasteiger partial charge is 0.292 e. The number of sulfonamides is 1. The molecular weight excluding hydrogens is 330 g/mol. The molecule has 3 rings (SSSR count). The lowest BCUT2D eigenvalue weighted by molar-refractivity contribution is -0.110. The maximum absolute atomic E-state index is 12.3. The summed E-state index contributed by atoms with van der Waals surface area (Å²) in [5.74, 6) is -0.270. The van der Waals surface area contributed by atoms with Gasteiger partial charge in [-0.3, -0.25) is 4.79 Å². The molecule has 7 nitrogen and oxygen atoms in total. The highest BCUT2D eigenvalue weighted by Gasteiger charge is 2.28. The third-order valence-corrected chi connectivity index (χ3v) is 4.78. The van der Waals surface area contributed by atoms with E-state index >= 15 is 0 Å². The number of methoxy groups -OCH3 is 1. The number of hydrogen-bond acceptors (Lipinski definition) is 5. The molecule has 2 aromatic rings. The van der Waals surface area contributed by atoms with Gasteiger partial charge in [0.25, 0.3) is 15.9 Å². The molecule has 2 aromatic carbocycles. The molecule has 24 heavy (non-hydrogen) atoms. The van der Waals surface area contributed by atoms with Gasteiger partial charge in [0.2, 0.25) is 5.84 Å². The molecule has 8 heteroatoms. The maximum Gasteiger partial charge on any atom is 0.292 e. The Bertz CT molecular complexity index is 934. The van der Waals surface area contributed by atoms with E-state index in [1.807, 2.05) is 6.92 Å². The minimum absolute atomic E-state index is 0.0501. The summed E-state index contributed by atoms with van der Waals surface area (Å²) in [6.45, 7) is 1.83. The first kappa shape index (κ1) is 16.0. The molecule has 0 saturated carbocycles. The Balaban J connectivity index is 1.86. The standard InChI is InChI=1S/C16H15N3O4S/c1-10-3-8-14-13(9-10)18-15(19-24(14,21)22)16(20)17-11-4-6-12(23-2)7-5-11/h3-9H,1-2H3,(H,17,20)(H,18,19). The molecule has 0 spiro atoms. The van der Waals surface area contributed by atoms with E-state index in [9.17, 15) is 13.2 Å². The van der Waals surface area contributed by atoms with Gasteiger partial charge in [-0.2, -0.15) is 8.42 Å². The zero-order valence-electron chi connectivity index (χ0n) is 13.0. The molecule has 0 saturated heterocycles. The molecule has 0 aliphatic carbocycles. The topological polar surface area (TPSA) is 96.9 Å². The first-order chi connectivity index (χ1) is 11.4. The van der Waals surface area contributed by atoms with Gasteiger partial charge in [-0.25, -0.2) is 0 Å². The van der Waals surface area contributed by atoms with Gasteiger partial charge in [0, 0.05) is 5.69 Å².